The highest BCUT2D eigenvalue weighted by Gasteiger charge is 2.45. The van der Waals surface area contributed by atoms with Gasteiger partial charge in [0.05, 0.1) is 5.57 Å². The van der Waals surface area contributed by atoms with E-state index in [0.29, 0.717) is 17.2 Å². The lowest BCUT2D eigenvalue weighted by molar-refractivity contribution is -0.140. The van der Waals surface area contributed by atoms with Crippen molar-refractivity contribution < 1.29 is 9.59 Å². The lowest BCUT2D eigenvalue weighted by Crippen LogP contribution is -2.43. The van der Waals surface area contributed by atoms with E-state index in [2.05, 4.69) is 37.8 Å². The Bertz CT molecular complexity index is 825. The third-order valence-electron chi connectivity index (χ3n) is 7.18. The number of hydrogen-bond acceptors (Lipinski definition) is 3. The van der Waals surface area contributed by atoms with Gasteiger partial charge in [-0.2, -0.15) is 0 Å². The van der Waals surface area contributed by atoms with Crippen LogP contribution in [0.2, 0.25) is 0 Å². The minimum absolute atomic E-state index is 0.0512. The zero-order valence-electron chi connectivity index (χ0n) is 18.2. The molecule has 1 saturated carbocycles. The standard InChI is InChI=1S/C25H34N2O2/c1-17-12-14-26(15-13-17)23-22(20-11-10-18(2)19(3)16-20)24(28)27(25(23)29)21-8-6-4-5-7-9-21/h10-11,16-17,21H,4-9,12-15H2,1-3H3. The van der Waals surface area contributed by atoms with E-state index in [-0.39, 0.29) is 17.9 Å². The number of piperidine rings is 1. The van der Waals surface area contributed by atoms with E-state index in [1.165, 1.54) is 18.4 Å². The summed E-state index contributed by atoms with van der Waals surface area (Å²) in [7, 11) is 0. The quantitative estimate of drug-likeness (QED) is 0.544. The van der Waals surface area contributed by atoms with Gasteiger partial charge in [-0.3, -0.25) is 14.5 Å². The normalized spacial score (nSPS) is 22.6. The summed E-state index contributed by atoms with van der Waals surface area (Å²) in [6, 6.07) is 6.23. The second-order valence-corrected chi connectivity index (χ2v) is 9.32. The average molecular weight is 395 g/mol. The molecule has 1 aromatic carbocycles. The summed E-state index contributed by atoms with van der Waals surface area (Å²) >= 11 is 0. The lowest BCUT2D eigenvalue weighted by atomic mass is 9.96. The van der Waals surface area contributed by atoms with Gasteiger partial charge in [-0.15, -0.1) is 0 Å². The number of carbonyl (C=O) groups excluding carboxylic acids is 2. The number of aryl methyl sites for hydroxylation is 2. The van der Waals surface area contributed by atoms with Gasteiger partial charge in [0.15, 0.2) is 0 Å². The van der Waals surface area contributed by atoms with Gasteiger partial charge in [0.1, 0.15) is 5.70 Å². The molecule has 4 nitrogen and oxygen atoms in total. The molecule has 1 aromatic rings. The van der Waals surface area contributed by atoms with Gasteiger partial charge in [-0.1, -0.05) is 50.8 Å². The van der Waals surface area contributed by atoms with E-state index in [9.17, 15) is 9.59 Å². The third kappa shape index (κ3) is 3.86. The van der Waals surface area contributed by atoms with Crippen molar-refractivity contribution in [2.45, 2.75) is 78.2 Å². The fourth-order valence-electron chi connectivity index (χ4n) is 5.07. The van der Waals surface area contributed by atoms with E-state index in [1.807, 2.05) is 6.07 Å². The maximum absolute atomic E-state index is 13.7. The fraction of sp³-hybridized carbons (Fsp3) is 0.600. The number of imide groups is 1. The van der Waals surface area contributed by atoms with Crippen molar-refractivity contribution in [2.75, 3.05) is 13.1 Å². The second kappa shape index (κ2) is 8.33. The molecule has 156 valence electrons. The molecule has 0 spiro atoms. The molecule has 0 aromatic heterocycles. The first-order valence-electron chi connectivity index (χ1n) is 11.4. The zero-order valence-corrected chi connectivity index (χ0v) is 18.2. The van der Waals surface area contributed by atoms with E-state index >= 15 is 0 Å². The molecule has 0 atom stereocenters. The Morgan fingerprint density at radius 2 is 1.48 bits per heavy atom. The topological polar surface area (TPSA) is 40.6 Å². The predicted octanol–water partition coefficient (Wildman–Crippen LogP) is 4.84. The molecule has 1 saturated heterocycles. The van der Waals surface area contributed by atoms with E-state index in [1.54, 1.807) is 4.90 Å². The van der Waals surface area contributed by atoms with Crippen LogP contribution >= 0.6 is 0 Å². The molecular formula is C25H34N2O2. The molecule has 0 radical (unpaired) electrons. The fourth-order valence-corrected chi connectivity index (χ4v) is 5.07. The van der Waals surface area contributed by atoms with Crippen LogP contribution in [0.3, 0.4) is 0 Å². The van der Waals surface area contributed by atoms with Crippen LogP contribution in [-0.4, -0.2) is 40.7 Å². The minimum Gasteiger partial charge on any atom is -0.366 e. The van der Waals surface area contributed by atoms with Gasteiger partial charge in [0, 0.05) is 19.1 Å². The maximum atomic E-state index is 13.7. The molecule has 1 aliphatic carbocycles. The van der Waals surface area contributed by atoms with Crippen molar-refractivity contribution in [2.24, 2.45) is 5.92 Å². The Morgan fingerprint density at radius 1 is 0.828 bits per heavy atom. The van der Waals surface area contributed by atoms with E-state index in [4.69, 9.17) is 0 Å². The average Bonchev–Trinajstić information content (AvgIpc) is 2.87. The number of likely N-dealkylation sites (tertiary alicyclic amines) is 1. The molecule has 2 heterocycles. The summed E-state index contributed by atoms with van der Waals surface area (Å²) in [4.78, 5) is 31.1. The third-order valence-corrected chi connectivity index (χ3v) is 7.18. The smallest absolute Gasteiger partial charge is 0.278 e. The van der Waals surface area contributed by atoms with Crippen molar-refractivity contribution in [3.63, 3.8) is 0 Å². The number of amides is 2. The van der Waals surface area contributed by atoms with Gasteiger partial charge in [-0.05, 0) is 62.1 Å². The SMILES string of the molecule is Cc1ccc(C2=C(N3CCC(C)CC3)C(=O)N(C3CCCCCC3)C2=O)cc1C. The molecule has 0 bridgehead atoms. The minimum atomic E-state index is -0.0706. The lowest BCUT2D eigenvalue weighted by Gasteiger charge is -2.33. The van der Waals surface area contributed by atoms with Crippen molar-refractivity contribution in [3.8, 4) is 0 Å². The van der Waals surface area contributed by atoms with Crippen molar-refractivity contribution in [3.05, 3.63) is 40.6 Å². The Morgan fingerprint density at radius 3 is 2.10 bits per heavy atom. The van der Waals surface area contributed by atoms with Gasteiger partial charge < -0.3 is 4.90 Å². The molecule has 29 heavy (non-hydrogen) atoms. The summed E-state index contributed by atoms with van der Waals surface area (Å²) in [6.07, 6.45) is 8.68. The number of hydrogen-bond donors (Lipinski definition) is 0. The van der Waals surface area contributed by atoms with Gasteiger partial charge in [-0.25, -0.2) is 0 Å². The molecule has 3 aliphatic rings. The largest absolute Gasteiger partial charge is 0.366 e. The first kappa shape index (κ1) is 20.2. The molecular weight excluding hydrogens is 360 g/mol. The monoisotopic (exact) mass is 394 g/mol. The second-order valence-electron chi connectivity index (χ2n) is 9.32. The molecule has 4 rings (SSSR count). The predicted molar refractivity (Wildman–Crippen MR) is 116 cm³/mol. The van der Waals surface area contributed by atoms with Crippen LogP contribution in [0.5, 0.6) is 0 Å². The van der Waals surface area contributed by atoms with Crippen LogP contribution in [-0.2, 0) is 9.59 Å². The summed E-state index contributed by atoms with van der Waals surface area (Å²) in [5.74, 6) is 0.561. The summed E-state index contributed by atoms with van der Waals surface area (Å²) in [5, 5.41) is 0. The van der Waals surface area contributed by atoms with Crippen LogP contribution in [0.1, 0.15) is 75.0 Å². The summed E-state index contributed by atoms with van der Waals surface area (Å²) in [6.45, 7) is 8.16. The van der Waals surface area contributed by atoms with Gasteiger partial charge >= 0.3 is 0 Å². The Balaban J connectivity index is 1.75. The Kier molecular flexibility index (Phi) is 5.80. The zero-order chi connectivity index (χ0) is 20.5. The Labute approximate surface area is 175 Å². The molecule has 2 aliphatic heterocycles. The summed E-state index contributed by atoms with van der Waals surface area (Å²) < 4.78 is 0. The van der Waals surface area contributed by atoms with Crippen molar-refractivity contribution >= 4 is 17.4 Å². The first-order chi connectivity index (χ1) is 14.0. The van der Waals surface area contributed by atoms with Crippen LogP contribution in [0.25, 0.3) is 5.57 Å². The number of benzene rings is 1. The number of carbonyl (C=O) groups is 2. The van der Waals surface area contributed by atoms with Crippen LogP contribution in [0, 0.1) is 19.8 Å². The van der Waals surface area contributed by atoms with Crippen LogP contribution in [0.4, 0.5) is 0 Å². The number of nitrogens with zero attached hydrogens (tertiary/aromatic N) is 2. The maximum Gasteiger partial charge on any atom is 0.278 e. The highest BCUT2D eigenvalue weighted by molar-refractivity contribution is 6.35. The van der Waals surface area contributed by atoms with Crippen molar-refractivity contribution in [1.82, 2.24) is 9.80 Å². The van der Waals surface area contributed by atoms with Crippen LogP contribution < -0.4 is 0 Å². The first-order valence-corrected chi connectivity index (χ1v) is 11.4. The van der Waals surface area contributed by atoms with Gasteiger partial charge in [0.25, 0.3) is 11.8 Å². The Hall–Kier alpha value is -2.10. The van der Waals surface area contributed by atoms with Crippen molar-refractivity contribution in [1.29, 1.82) is 0 Å². The van der Waals surface area contributed by atoms with E-state index < -0.39 is 0 Å². The highest BCUT2D eigenvalue weighted by atomic mass is 16.2. The van der Waals surface area contributed by atoms with Crippen LogP contribution in [0.15, 0.2) is 23.9 Å². The van der Waals surface area contributed by atoms with Gasteiger partial charge in [0.2, 0.25) is 0 Å². The highest BCUT2D eigenvalue weighted by Crippen LogP contribution is 2.37. The molecule has 0 N–H and O–H groups in total. The number of rotatable bonds is 3. The molecule has 4 heteroatoms. The summed E-state index contributed by atoms with van der Waals surface area (Å²) in [5.41, 5.74) is 4.57. The molecule has 2 amide bonds. The molecule has 0 unspecified atom stereocenters. The van der Waals surface area contributed by atoms with E-state index in [0.717, 1.165) is 62.7 Å². The molecule has 2 fully saturated rings.